The number of hydrogen-bond acceptors (Lipinski definition) is 4. The van der Waals surface area contributed by atoms with Crippen LogP contribution in [-0.4, -0.2) is 41.6 Å². The maximum absolute atomic E-state index is 12.3. The lowest BCUT2D eigenvalue weighted by Crippen LogP contribution is -2.45. The first-order valence-electron chi connectivity index (χ1n) is 7.27. The number of likely N-dealkylation sites (tertiary alicyclic amines) is 1. The zero-order valence-corrected chi connectivity index (χ0v) is 11.5. The summed E-state index contributed by atoms with van der Waals surface area (Å²) in [5, 5.41) is 3.04. The van der Waals surface area contributed by atoms with Gasteiger partial charge in [-0.05, 0) is 37.0 Å². The average Bonchev–Trinajstić information content (AvgIpc) is 3.17. The van der Waals surface area contributed by atoms with Crippen molar-refractivity contribution < 1.29 is 4.79 Å². The minimum absolute atomic E-state index is 0.0398. The van der Waals surface area contributed by atoms with Gasteiger partial charge in [0.2, 0.25) is 0 Å². The Kier molecular flexibility index (Phi) is 4.13. The molecule has 3 N–H and O–H groups in total. The van der Waals surface area contributed by atoms with Gasteiger partial charge in [-0.2, -0.15) is 0 Å². The fraction of sp³-hybridized carbons (Fsp3) is 0.571. The van der Waals surface area contributed by atoms with Gasteiger partial charge in [-0.3, -0.25) is 15.8 Å². The summed E-state index contributed by atoms with van der Waals surface area (Å²) in [5.41, 5.74) is 7.41. The first kappa shape index (κ1) is 13.3. The van der Waals surface area contributed by atoms with Crippen LogP contribution in [0.15, 0.2) is 24.5 Å². The van der Waals surface area contributed by atoms with Crippen LogP contribution in [0.1, 0.15) is 30.9 Å². The number of aromatic nitrogens is 1. The molecule has 0 bridgehead atoms. The normalized spacial score (nSPS) is 25.9. The Morgan fingerprint density at radius 3 is 3.00 bits per heavy atom. The molecule has 2 fully saturated rings. The van der Waals surface area contributed by atoms with Crippen molar-refractivity contribution in [1.29, 1.82) is 0 Å². The molecule has 6 heteroatoms. The standard InChI is InChI=1S/C14H21N5O/c20-14(16-10-12-5-8-17-18-12)19-9-1-2-13(19)11-3-6-15-7-4-11/h3-4,6-7,12-13,17-18H,1-2,5,8-10H2,(H,16,20). The number of pyridine rings is 1. The molecule has 108 valence electrons. The van der Waals surface area contributed by atoms with E-state index in [1.807, 2.05) is 17.0 Å². The van der Waals surface area contributed by atoms with Crippen LogP contribution in [0.25, 0.3) is 0 Å². The van der Waals surface area contributed by atoms with Crippen molar-refractivity contribution in [2.24, 2.45) is 0 Å². The van der Waals surface area contributed by atoms with E-state index >= 15 is 0 Å². The Hall–Kier alpha value is -1.66. The minimum Gasteiger partial charge on any atom is -0.336 e. The van der Waals surface area contributed by atoms with Crippen LogP contribution in [0.5, 0.6) is 0 Å². The van der Waals surface area contributed by atoms with Crippen LogP contribution in [0, 0.1) is 0 Å². The summed E-state index contributed by atoms with van der Waals surface area (Å²) in [6.45, 7) is 2.46. The topological polar surface area (TPSA) is 69.3 Å². The lowest BCUT2D eigenvalue weighted by Gasteiger charge is -2.26. The zero-order valence-electron chi connectivity index (χ0n) is 11.5. The number of urea groups is 1. The van der Waals surface area contributed by atoms with Crippen LogP contribution >= 0.6 is 0 Å². The van der Waals surface area contributed by atoms with E-state index < -0.39 is 0 Å². The molecular weight excluding hydrogens is 254 g/mol. The quantitative estimate of drug-likeness (QED) is 0.763. The van der Waals surface area contributed by atoms with Gasteiger partial charge in [0.05, 0.1) is 6.04 Å². The largest absolute Gasteiger partial charge is 0.336 e. The number of rotatable bonds is 3. The number of amides is 2. The minimum atomic E-state index is 0.0398. The summed E-state index contributed by atoms with van der Waals surface area (Å²) in [6.07, 6.45) is 6.72. The van der Waals surface area contributed by atoms with Crippen LogP contribution in [0.2, 0.25) is 0 Å². The van der Waals surface area contributed by atoms with Crippen LogP contribution in [-0.2, 0) is 0 Å². The van der Waals surface area contributed by atoms with Crippen molar-refractivity contribution in [2.45, 2.75) is 31.3 Å². The molecule has 2 aliphatic rings. The molecule has 0 spiro atoms. The number of nitrogens with zero attached hydrogens (tertiary/aromatic N) is 2. The molecule has 20 heavy (non-hydrogen) atoms. The van der Waals surface area contributed by atoms with Crippen LogP contribution in [0.4, 0.5) is 4.79 Å². The SMILES string of the molecule is O=C(NCC1CCNN1)N1CCCC1c1ccncc1. The van der Waals surface area contributed by atoms with E-state index in [-0.39, 0.29) is 12.1 Å². The molecule has 1 aromatic rings. The number of carbonyl (C=O) groups excluding carboxylic acids is 1. The third kappa shape index (κ3) is 2.91. The van der Waals surface area contributed by atoms with Crippen molar-refractivity contribution in [3.05, 3.63) is 30.1 Å². The third-order valence-corrected chi connectivity index (χ3v) is 4.03. The monoisotopic (exact) mass is 275 g/mol. The fourth-order valence-electron chi connectivity index (χ4n) is 2.94. The maximum atomic E-state index is 12.3. The molecule has 2 atom stereocenters. The van der Waals surface area contributed by atoms with E-state index in [1.54, 1.807) is 12.4 Å². The van der Waals surface area contributed by atoms with Gasteiger partial charge in [0, 0.05) is 38.1 Å². The van der Waals surface area contributed by atoms with Gasteiger partial charge < -0.3 is 10.2 Å². The highest BCUT2D eigenvalue weighted by atomic mass is 16.2. The Labute approximate surface area is 118 Å². The summed E-state index contributed by atoms with van der Waals surface area (Å²) in [5.74, 6) is 0. The molecule has 2 saturated heterocycles. The van der Waals surface area contributed by atoms with Crippen LogP contribution in [0.3, 0.4) is 0 Å². The molecule has 2 amide bonds. The lowest BCUT2D eigenvalue weighted by atomic mass is 10.1. The Morgan fingerprint density at radius 1 is 1.40 bits per heavy atom. The summed E-state index contributed by atoms with van der Waals surface area (Å²) in [7, 11) is 0. The molecular formula is C14H21N5O. The smallest absolute Gasteiger partial charge is 0.317 e. The second kappa shape index (κ2) is 6.19. The molecule has 3 rings (SSSR count). The fourth-order valence-corrected chi connectivity index (χ4v) is 2.94. The van der Waals surface area contributed by atoms with Gasteiger partial charge >= 0.3 is 6.03 Å². The predicted octanol–water partition coefficient (Wildman–Crippen LogP) is 0.795. The van der Waals surface area contributed by atoms with Crippen molar-refractivity contribution in [3.8, 4) is 0 Å². The van der Waals surface area contributed by atoms with Gasteiger partial charge in [-0.25, -0.2) is 4.79 Å². The van der Waals surface area contributed by atoms with Gasteiger partial charge in [0.1, 0.15) is 0 Å². The lowest BCUT2D eigenvalue weighted by molar-refractivity contribution is 0.192. The van der Waals surface area contributed by atoms with Gasteiger partial charge in [-0.15, -0.1) is 0 Å². The first-order valence-corrected chi connectivity index (χ1v) is 7.27. The highest BCUT2D eigenvalue weighted by molar-refractivity contribution is 5.75. The number of hydrogen-bond donors (Lipinski definition) is 3. The second-order valence-corrected chi connectivity index (χ2v) is 5.37. The van der Waals surface area contributed by atoms with Gasteiger partial charge in [0.25, 0.3) is 0 Å². The van der Waals surface area contributed by atoms with E-state index in [2.05, 4.69) is 21.2 Å². The van der Waals surface area contributed by atoms with Crippen molar-refractivity contribution >= 4 is 6.03 Å². The molecule has 0 aromatic carbocycles. The summed E-state index contributed by atoms with van der Waals surface area (Å²) in [6, 6.07) is 4.56. The Bertz CT molecular complexity index is 446. The van der Waals surface area contributed by atoms with Crippen molar-refractivity contribution in [3.63, 3.8) is 0 Å². The Balaban J connectivity index is 1.58. The highest BCUT2D eigenvalue weighted by Gasteiger charge is 2.30. The van der Waals surface area contributed by atoms with E-state index in [9.17, 15) is 4.79 Å². The Morgan fingerprint density at radius 2 is 2.25 bits per heavy atom. The van der Waals surface area contributed by atoms with Crippen molar-refractivity contribution in [2.75, 3.05) is 19.6 Å². The maximum Gasteiger partial charge on any atom is 0.317 e. The average molecular weight is 275 g/mol. The summed E-state index contributed by atoms with van der Waals surface area (Å²) in [4.78, 5) is 18.3. The van der Waals surface area contributed by atoms with Crippen molar-refractivity contribution in [1.82, 2.24) is 26.1 Å². The van der Waals surface area contributed by atoms with Crippen LogP contribution < -0.4 is 16.2 Å². The predicted molar refractivity (Wildman–Crippen MR) is 75.9 cm³/mol. The molecule has 0 saturated carbocycles. The number of hydrazine groups is 1. The summed E-state index contributed by atoms with van der Waals surface area (Å²) >= 11 is 0. The van der Waals surface area contributed by atoms with E-state index in [1.165, 1.54) is 5.56 Å². The molecule has 0 radical (unpaired) electrons. The van der Waals surface area contributed by atoms with E-state index in [0.29, 0.717) is 12.6 Å². The second-order valence-electron chi connectivity index (χ2n) is 5.37. The zero-order chi connectivity index (χ0) is 13.8. The first-order chi connectivity index (χ1) is 9.84. The van der Waals surface area contributed by atoms with Gasteiger partial charge in [0.15, 0.2) is 0 Å². The molecule has 3 heterocycles. The highest BCUT2D eigenvalue weighted by Crippen LogP contribution is 2.31. The number of carbonyl (C=O) groups is 1. The molecule has 2 unspecified atom stereocenters. The molecule has 6 nitrogen and oxygen atoms in total. The van der Waals surface area contributed by atoms with Gasteiger partial charge in [-0.1, -0.05) is 0 Å². The van der Waals surface area contributed by atoms with E-state index in [4.69, 9.17) is 0 Å². The molecule has 1 aromatic heterocycles. The summed E-state index contributed by atoms with van der Waals surface area (Å²) < 4.78 is 0. The van der Waals surface area contributed by atoms with E-state index in [0.717, 1.165) is 32.4 Å². The third-order valence-electron chi connectivity index (χ3n) is 4.03. The molecule has 2 aliphatic heterocycles. The number of nitrogens with one attached hydrogen (secondary N) is 3. The molecule has 0 aliphatic carbocycles.